The van der Waals surface area contributed by atoms with E-state index in [0.717, 1.165) is 0 Å². The Morgan fingerprint density at radius 3 is 2.50 bits per heavy atom. The zero-order valence-corrected chi connectivity index (χ0v) is 18.8. The number of rotatable bonds is 6. The van der Waals surface area contributed by atoms with E-state index in [1.165, 1.54) is 50.1 Å². The van der Waals surface area contributed by atoms with Crippen LogP contribution >= 0.6 is 11.6 Å². The van der Waals surface area contributed by atoms with Gasteiger partial charge in [0, 0.05) is 24.2 Å². The van der Waals surface area contributed by atoms with Gasteiger partial charge in [-0.05, 0) is 35.4 Å². The highest BCUT2D eigenvalue weighted by Gasteiger charge is 2.38. The number of benzene rings is 1. The maximum absolute atomic E-state index is 13.3. The summed E-state index contributed by atoms with van der Waals surface area (Å²) >= 11 is 6.42. The molecule has 3 heterocycles. The van der Waals surface area contributed by atoms with Crippen LogP contribution in [0.5, 0.6) is 5.88 Å². The van der Waals surface area contributed by atoms with E-state index in [9.17, 15) is 22.7 Å². The van der Waals surface area contributed by atoms with Gasteiger partial charge >= 0.3 is 6.18 Å². The van der Waals surface area contributed by atoms with Gasteiger partial charge in [0.1, 0.15) is 6.67 Å². The zero-order valence-electron chi connectivity index (χ0n) is 18.1. The van der Waals surface area contributed by atoms with Crippen molar-refractivity contribution in [3.8, 4) is 5.88 Å². The number of pyridine rings is 2. The summed E-state index contributed by atoms with van der Waals surface area (Å²) < 4.78 is 59.6. The number of hydrogen-bond acceptors (Lipinski definition) is 5. The highest BCUT2D eigenvalue weighted by molar-refractivity contribution is 6.36. The number of nitrogens with zero attached hydrogens (tertiary/aromatic N) is 4. The normalized spacial score (nSPS) is 13.8. The van der Waals surface area contributed by atoms with Crippen LogP contribution < -0.4 is 4.74 Å². The van der Waals surface area contributed by atoms with Gasteiger partial charge in [0.25, 0.3) is 0 Å². The molecule has 0 saturated carbocycles. The van der Waals surface area contributed by atoms with Gasteiger partial charge in [-0.3, -0.25) is 4.98 Å². The lowest BCUT2D eigenvalue weighted by Crippen LogP contribution is -2.31. The van der Waals surface area contributed by atoms with Gasteiger partial charge < -0.3 is 14.4 Å². The highest BCUT2D eigenvalue weighted by Crippen LogP contribution is 2.41. The first-order valence-electron chi connectivity index (χ1n) is 10.0. The minimum atomic E-state index is -4.54. The molecular formula is C23H19ClF4N4O2. The topological polar surface area (TPSA) is 73.1 Å². The van der Waals surface area contributed by atoms with Crippen molar-refractivity contribution in [1.29, 1.82) is 0 Å². The Labute approximate surface area is 196 Å². The van der Waals surface area contributed by atoms with Gasteiger partial charge in [0.15, 0.2) is 5.60 Å². The second-order valence-corrected chi connectivity index (χ2v) is 8.09. The Bertz CT molecular complexity index is 1360. The van der Waals surface area contributed by atoms with E-state index in [4.69, 9.17) is 16.3 Å². The van der Waals surface area contributed by atoms with Gasteiger partial charge in [-0.25, -0.2) is 14.4 Å². The molecule has 0 aliphatic rings. The number of hydrogen-bond donors (Lipinski definition) is 1. The Morgan fingerprint density at radius 2 is 1.88 bits per heavy atom. The summed E-state index contributed by atoms with van der Waals surface area (Å²) in [7, 11) is 2.89. The summed E-state index contributed by atoms with van der Waals surface area (Å²) in [6.45, 7) is -0.844. The molecule has 0 saturated heterocycles. The summed E-state index contributed by atoms with van der Waals surface area (Å²) in [5.41, 5.74) is -0.860. The Morgan fingerprint density at radius 1 is 1.15 bits per heavy atom. The van der Waals surface area contributed by atoms with Gasteiger partial charge in [-0.2, -0.15) is 13.2 Å². The molecule has 4 rings (SSSR count). The fourth-order valence-electron chi connectivity index (χ4n) is 3.93. The van der Waals surface area contributed by atoms with Crippen LogP contribution in [0.25, 0.3) is 10.9 Å². The quantitative estimate of drug-likeness (QED) is 0.387. The van der Waals surface area contributed by atoms with Gasteiger partial charge in [0.05, 0.1) is 48.0 Å². The molecule has 34 heavy (non-hydrogen) atoms. The standard InChI is InChI=1S/C23H19ClF4N4O2/c1-32-12-29-11-19(32)23(33,14-5-6-30-15(7-14)10-25)13-3-4-18-16(8-13)20(24)17(9-22(26,27)28)21(31-18)34-2/h3-8,11-12,33H,9-10H2,1-2H3. The Balaban J connectivity index is 1.99. The monoisotopic (exact) mass is 494 g/mol. The highest BCUT2D eigenvalue weighted by atomic mass is 35.5. The lowest BCUT2D eigenvalue weighted by molar-refractivity contribution is -0.127. The molecule has 0 aliphatic carbocycles. The van der Waals surface area contributed by atoms with Crippen LogP contribution in [0, 0.1) is 0 Å². The van der Waals surface area contributed by atoms with E-state index < -0.39 is 24.9 Å². The third-order valence-electron chi connectivity index (χ3n) is 5.53. The van der Waals surface area contributed by atoms with E-state index in [-0.39, 0.29) is 38.6 Å². The van der Waals surface area contributed by atoms with Crippen molar-refractivity contribution in [2.75, 3.05) is 7.11 Å². The molecule has 4 aromatic rings. The molecule has 0 bridgehead atoms. The van der Waals surface area contributed by atoms with E-state index in [1.54, 1.807) is 17.7 Å². The molecule has 1 aromatic carbocycles. The number of ether oxygens (including phenoxy) is 1. The summed E-state index contributed by atoms with van der Waals surface area (Å²) in [5, 5.41) is 12.0. The lowest BCUT2D eigenvalue weighted by atomic mass is 9.83. The first-order valence-corrected chi connectivity index (χ1v) is 10.4. The number of imidazole rings is 1. The molecule has 1 unspecified atom stereocenters. The van der Waals surface area contributed by atoms with E-state index in [2.05, 4.69) is 15.0 Å². The van der Waals surface area contributed by atoms with Gasteiger partial charge in [-0.1, -0.05) is 17.7 Å². The van der Waals surface area contributed by atoms with Crippen LogP contribution in [0.1, 0.15) is 28.1 Å². The van der Waals surface area contributed by atoms with Crippen molar-refractivity contribution < 1.29 is 27.4 Å². The fourth-order valence-corrected chi connectivity index (χ4v) is 4.23. The molecule has 0 amide bonds. The molecule has 0 radical (unpaired) electrons. The van der Waals surface area contributed by atoms with Crippen molar-refractivity contribution in [2.24, 2.45) is 7.05 Å². The van der Waals surface area contributed by atoms with Crippen molar-refractivity contribution in [3.63, 3.8) is 0 Å². The molecule has 11 heteroatoms. The maximum atomic E-state index is 13.3. The second kappa shape index (κ2) is 8.84. The number of fused-ring (bicyclic) bond motifs is 1. The average molecular weight is 495 g/mol. The predicted molar refractivity (Wildman–Crippen MR) is 117 cm³/mol. The summed E-state index contributed by atoms with van der Waals surface area (Å²) in [4.78, 5) is 12.2. The number of aryl methyl sites for hydroxylation is 1. The molecule has 178 valence electrons. The minimum absolute atomic E-state index is 0.107. The Hall–Kier alpha value is -3.24. The lowest BCUT2D eigenvalue weighted by Gasteiger charge is -2.30. The predicted octanol–water partition coefficient (Wildman–Crippen LogP) is 4.88. The molecule has 0 fully saturated rings. The van der Waals surface area contributed by atoms with E-state index >= 15 is 0 Å². The molecule has 0 spiro atoms. The van der Waals surface area contributed by atoms with Crippen molar-refractivity contribution in [2.45, 2.75) is 24.9 Å². The van der Waals surface area contributed by atoms with Crippen LogP contribution in [-0.2, 0) is 25.7 Å². The van der Waals surface area contributed by atoms with Crippen LogP contribution in [0.4, 0.5) is 17.6 Å². The van der Waals surface area contributed by atoms with E-state index in [1.807, 2.05) is 0 Å². The summed E-state index contributed by atoms with van der Waals surface area (Å²) in [6, 6.07) is 7.50. The zero-order chi connectivity index (χ0) is 24.7. The number of alkyl halides is 4. The second-order valence-electron chi connectivity index (χ2n) is 7.71. The minimum Gasteiger partial charge on any atom is -0.481 e. The van der Waals surface area contributed by atoms with Crippen molar-refractivity contribution in [3.05, 3.63) is 82.2 Å². The number of methoxy groups -OCH3 is 1. The SMILES string of the molecule is COc1nc2ccc(C(O)(c3ccnc(CF)c3)c3cncn3C)cc2c(Cl)c1CC(F)(F)F. The molecule has 1 atom stereocenters. The first kappa shape index (κ1) is 23.9. The van der Waals surface area contributed by atoms with Gasteiger partial charge in [-0.15, -0.1) is 0 Å². The molecule has 6 nitrogen and oxygen atoms in total. The summed E-state index contributed by atoms with van der Waals surface area (Å²) in [6.07, 6.45) is -1.58. The molecule has 1 N–H and O–H groups in total. The number of aromatic nitrogens is 4. The molecule has 3 aromatic heterocycles. The van der Waals surface area contributed by atoms with Gasteiger partial charge in [0.2, 0.25) is 5.88 Å². The van der Waals surface area contributed by atoms with Crippen LogP contribution in [0.15, 0.2) is 49.1 Å². The number of aliphatic hydroxyl groups is 1. The fraction of sp³-hybridized carbons (Fsp3) is 0.261. The molecular weight excluding hydrogens is 476 g/mol. The average Bonchev–Trinajstić information content (AvgIpc) is 3.25. The van der Waals surface area contributed by atoms with Crippen molar-refractivity contribution in [1.82, 2.24) is 19.5 Å². The Kier molecular flexibility index (Phi) is 6.22. The van der Waals surface area contributed by atoms with Crippen LogP contribution in [0.2, 0.25) is 5.02 Å². The van der Waals surface area contributed by atoms with Crippen molar-refractivity contribution >= 4 is 22.5 Å². The maximum Gasteiger partial charge on any atom is 0.393 e. The summed E-state index contributed by atoms with van der Waals surface area (Å²) in [5.74, 6) is -0.230. The molecule has 0 aliphatic heterocycles. The smallest absolute Gasteiger partial charge is 0.393 e. The van der Waals surface area contributed by atoms with E-state index in [0.29, 0.717) is 11.3 Å². The van der Waals surface area contributed by atoms with Crippen LogP contribution in [0.3, 0.4) is 0 Å². The third-order valence-corrected chi connectivity index (χ3v) is 5.96. The third kappa shape index (κ3) is 4.19. The number of halogens is 5. The first-order chi connectivity index (χ1) is 16.1. The largest absolute Gasteiger partial charge is 0.481 e. The van der Waals surface area contributed by atoms with Crippen LogP contribution in [-0.4, -0.2) is 37.9 Å².